The summed E-state index contributed by atoms with van der Waals surface area (Å²) in [4.78, 5) is 8.62. The highest BCUT2D eigenvalue weighted by Crippen LogP contribution is 2.40. The van der Waals surface area contributed by atoms with Crippen molar-refractivity contribution in [2.45, 2.75) is 42.5 Å². The molecule has 1 aromatic carbocycles. The van der Waals surface area contributed by atoms with E-state index in [0.717, 1.165) is 36.5 Å². The lowest BCUT2D eigenvalue weighted by Crippen LogP contribution is -2.39. The smallest absolute Gasteiger partial charge is 0.220 e. The van der Waals surface area contributed by atoms with Crippen LogP contribution in [0.4, 0.5) is 5.13 Å². The van der Waals surface area contributed by atoms with Crippen molar-refractivity contribution in [1.82, 2.24) is 19.7 Å². The number of benzene rings is 1. The Hall–Kier alpha value is -2.40. The number of hydrogen-bond donors (Lipinski definition) is 3. The lowest BCUT2D eigenvalue weighted by atomic mass is 9.85. The summed E-state index contributed by atoms with van der Waals surface area (Å²) in [7, 11) is -4.35. The first-order valence-corrected chi connectivity index (χ1v) is 13.9. The highest BCUT2D eigenvalue weighted by Gasteiger charge is 2.30. The second-order valence-electron chi connectivity index (χ2n) is 8.62. The molecule has 2 aromatic heterocycles. The van der Waals surface area contributed by atoms with Crippen LogP contribution in [-0.4, -0.2) is 42.5 Å². The van der Waals surface area contributed by atoms with E-state index < -0.39 is 9.53 Å². The third-order valence-corrected chi connectivity index (χ3v) is 8.95. The molecule has 1 fully saturated rings. The molecular formula is C22H27N5O3S2. The lowest BCUT2D eigenvalue weighted by molar-refractivity contribution is 0.260. The van der Waals surface area contributed by atoms with Crippen LogP contribution in [0.5, 0.6) is 5.75 Å². The summed E-state index contributed by atoms with van der Waals surface area (Å²) in [5.41, 5.74) is 3.56. The second-order valence-corrected chi connectivity index (χ2v) is 12.6. The topological polar surface area (TPSA) is 109 Å². The highest BCUT2D eigenvalue weighted by atomic mass is 32.3. The van der Waals surface area contributed by atoms with Crippen LogP contribution >= 0.6 is 11.5 Å². The molecule has 170 valence electrons. The second kappa shape index (κ2) is 8.18. The molecule has 32 heavy (non-hydrogen) atoms. The normalized spacial score (nSPS) is 22.2. The highest BCUT2D eigenvalue weighted by molar-refractivity contribution is 8.15. The fourth-order valence-electron chi connectivity index (χ4n) is 4.53. The standard InChI is InChI=1S/C22H27N5O3S2/c1-32(28,29,27-22-25-14-26-31-22)17-6-5-15-10-16(13-30-21(15)11-17)18-7-9-23-12-19(18)20-4-2-3-8-24-20/h5-7,9,11-12,14,16,20,24H,2-4,8,10,13H2,1H3,(H2,25,26,27,28,29)/t16?,20-/m0/s1. The van der Waals surface area contributed by atoms with Crippen molar-refractivity contribution in [3.8, 4) is 5.75 Å². The van der Waals surface area contributed by atoms with Crippen LogP contribution in [0.2, 0.25) is 0 Å². The minimum absolute atomic E-state index is 0.214. The van der Waals surface area contributed by atoms with E-state index >= 15 is 0 Å². The molecule has 2 aliphatic rings. The molecule has 3 aromatic rings. The van der Waals surface area contributed by atoms with E-state index in [9.17, 15) is 8.76 Å². The Kier molecular flexibility index (Phi) is 5.48. The minimum atomic E-state index is -4.35. The molecule has 0 amide bonds. The summed E-state index contributed by atoms with van der Waals surface area (Å²) in [5, 5.41) is 3.92. The summed E-state index contributed by atoms with van der Waals surface area (Å²) in [6.45, 7) is 1.56. The van der Waals surface area contributed by atoms with Gasteiger partial charge in [0.1, 0.15) is 12.1 Å². The molecule has 0 bridgehead atoms. The number of aromatic nitrogens is 3. The summed E-state index contributed by atoms with van der Waals surface area (Å²) in [6.07, 6.45) is 10.8. The Morgan fingerprint density at radius 2 is 2.19 bits per heavy atom. The fraction of sp³-hybridized carbons (Fsp3) is 0.409. The Labute approximate surface area is 191 Å². The number of fused-ring (bicyclic) bond motifs is 1. The Bertz CT molecular complexity index is 1170. The van der Waals surface area contributed by atoms with Gasteiger partial charge in [0.05, 0.1) is 11.5 Å². The third kappa shape index (κ3) is 4.27. The molecule has 5 rings (SSSR count). The lowest BCUT2D eigenvalue weighted by Gasteiger charge is -2.40. The Morgan fingerprint density at radius 3 is 2.97 bits per heavy atom. The zero-order chi connectivity index (χ0) is 22.2. The van der Waals surface area contributed by atoms with Crippen LogP contribution < -0.4 is 14.8 Å². The number of pyridine rings is 1. The van der Waals surface area contributed by atoms with E-state index in [4.69, 9.17) is 4.74 Å². The van der Waals surface area contributed by atoms with Gasteiger partial charge in [0.2, 0.25) is 5.13 Å². The van der Waals surface area contributed by atoms with Gasteiger partial charge < -0.3 is 10.1 Å². The number of piperidine rings is 1. The maximum Gasteiger partial charge on any atom is 0.220 e. The van der Waals surface area contributed by atoms with Crippen LogP contribution in [-0.2, 0) is 16.0 Å². The van der Waals surface area contributed by atoms with Crippen molar-refractivity contribution in [2.75, 3.05) is 24.1 Å². The third-order valence-electron chi connectivity index (χ3n) is 6.20. The fourth-order valence-corrected chi connectivity index (χ4v) is 6.91. The van der Waals surface area contributed by atoms with Gasteiger partial charge in [-0.05, 0) is 54.6 Å². The van der Waals surface area contributed by atoms with Crippen LogP contribution in [0.1, 0.15) is 47.9 Å². The van der Waals surface area contributed by atoms with Gasteiger partial charge in [0.15, 0.2) is 0 Å². The van der Waals surface area contributed by atoms with E-state index in [-0.39, 0.29) is 10.8 Å². The quantitative estimate of drug-likeness (QED) is 0.517. The molecule has 2 aliphatic heterocycles. The summed E-state index contributed by atoms with van der Waals surface area (Å²) in [6, 6.07) is 7.70. The van der Waals surface area contributed by atoms with Gasteiger partial charge in [0.25, 0.3) is 0 Å². The van der Waals surface area contributed by atoms with E-state index in [1.165, 1.54) is 36.6 Å². The van der Waals surface area contributed by atoms with Crippen molar-refractivity contribution >= 4 is 26.2 Å². The number of ether oxygens (including phenoxy) is 1. The number of hydrogen-bond acceptors (Lipinski definition) is 7. The molecule has 0 aliphatic carbocycles. The summed E-state index contributed by atoms with van der Waals surface area (Å²) >= 11 is 1.04. The van der Waals surface area contributed by atoms with Crippen LogP contribution in [0, 0.1) is 0 Å². The number of rotatable bonds is 5. The molecule has 3 N–H and O–H groups in total. The maximum atomic E-state index is 13.4. The average molecular weight is 474 g/mol. The van der Waals surface area contributed by atoms with E-state index in [2.05, 4.69) is 30.4 Å². The summed E-state index contributed by atoms with van der Waals surface area (Å²) in [5.74, 6) is 0.866. The number of anilines is 1. The predicted octanol–water partition coefficient (Wildman–Crippen LogP) is 3.78. The molecule has 0 radical (unpaired) electrons. The largest absolute Gasteiger partial charge is 0.493 e. The van der Waals surface area contributed by atoms with Gasteiger partial charge in [-0.3, -0.25) is 14.3 Å². The Balaban J connectivity index is 1.40. The first-order valence-electron chi connectivity index (χ1n) is 10.7. The van der Waals surface area contributed by atoms with Gasteiger partial charge >= 0.3 is 0 Å². The zero-order valence-electron chi connectivity index (χ0n) is 17.9. The molecule has 1 saturated heterocycles. The van der Waals surface area contributed by atoms with Crippen LogP contribution in [0.25, 0.3) is 0 Å². The first kappa shape index (κ1) is 21.4. The van der Waals surface area contributed by atoms with E-state index in [1.54, 1.807) is 12.1 Å². The SMILES string of the molecule is CS(=O)(O)(Nc1ncns1)c1ccc2c(c1)OCC(c1ccncc1[C@@H]1CCCCN1)C2. The van der Waals surface area contributed by atoms with Crippen molar-refractivity contribution in [1.29, 1.82) is 0 Å². The molecule has 8 nitrogen and oxygen atoms in total. The first-order chi connectivity index (χ1) is 15.4. The molecule has 4 heterocycles. The van der Waals surface area contributed by atoms with E-state index in [0.29, 0.717) is 23.5 Å². The monoisotopic (exact) mass is 473 g/mol. The molecular weight excluding hydrogens is 446 g/mol. The molecule has 2 atom stereocenters. The van der Waals surface area contributed by atoms with Crippen molar-refractivity contribution in [3.05, 3.63) is 59.7 Å². The van der Waals surface area contributed by atoms with Gasteiger partial charge in [0, 0.05) is 48.2 Å². The van der Waals surface area contributed by atoms with E-state index in [1.807, 2.05) is 18.5 Å². The molecule has 1 unspecified atom stereocenters. The van der Waals surface area contributed by atoms with Crippen molar-refractivity contribution in [2.24, 2.45) is 0 Å². The number of nitrogens with zero attached hydrogens (tertiary/aromatic N) is 3. The van der Waals surface area contributed by atoms with Crippen LogP contribution in [0.15, 0.2) is 47.9 Å². The van der Waals surface area contributed by atoms with Gasteiger partial charge in [-0.25, -0.2) is 4.98 Å². The maximum absolute atomic E-state index is 13.4. The van der Waals surface area contributed by atoms with Crippen molar-refractivity contribution < 1.29 is 13.5 Å². The van der Waals surface area contributed by atoms with Crippen LogP contribution in [0.3, 0.4) is 0 Å². The Morgan fingerprint density at radius 1 is 1.28 bits per heavy atom. The van der Waals surface area contributed by atoms with Crippen molar-refractivity contribution in [3.63, 3.8) is 0 Å². The molecule has 10 heteroatoms. The average Bonchev–Trinajstić information content (AvgIpc) is 3.30. The predicted molar refractivity (Wildman–Crippen MR) is 126 cm³/mol. The minimum Gasteiger partial charge on any atom is -0.493 e. The van der Waals surface area contributed by atoms with Gasteiger partial charge in [-0.2, -0.15) is 8.58 Å². The number of nitrogens with one attached hydrogen (secondary N) is 2. The van der Waals surface area contributed by atoms with Gasteiger partial charge in [-0.1, -0.05) is 12.5 Å². The molecule has 0 saturated carbocycles. The molecule has 0 spiro atoms. The zero-order valence-corrected chi connectivity index (χ0v) is 19.5. The van der Waals surface area contributed by atoms with Gasteiger partial charge in [-0.15, -0.1) is 9.53 Å². The summed E-state index contributed by atoms with van der Waals surface area (Å²) < 4.78 is 37.0.